The van der Waals surface area contributed by atoms with Gasteiger partial charge in [0.1, 0.15) is 40.7 Å². The van der Waals surface area contributed by atoms with Gasteiger partial charge in [-0.1, -0.05) is 181 Å². The number of esters is 2. The van der Waals surface area contributed by atoms with Gasteiger partial charge in [0.15, 0.2) is 26.9 Å². The number of rotatable bonds is 21. The molecule has 0 aliphatic carbocycles. The number of oxime groups is 1. The number of hydrogen-bond donors (Lipinski definition) is 2. The number of amides is 2. The zero-order valence-corrected chi connectivity index (χ0v) is 46.9. The number of nitrogens with one attached hydrogen (secondary N) is 2. The normalized spacial score (nSPS) is 15.6. The molecule has 15 nitrogen and oxygen atoms in total. The molecule has 3 atom stereocenters. The predicted molar refractivity (Wildman–Crippen MR) is 316 cm³/mol. The molecule has 1 unspecified atom stereocenters. The summed E-state index contributed by atoms with van der Waals surface area (Å²) >= 11 is 5.57. The number of anilines is 1. The lowest BCUT2D eigenvalue weighted by Gasteiger charge is -2.49. The van der Waals surface area contributed by atoms with Gasteiger partial charge < -0.3 is 29.7 Å². The number of carbonyl (C=O) groups is 4. The Morgan fingerprint density at radius 1 is 0.778 bits per heavy atom. The van der Waals surface area contributed by atoms with Crippen molar-refractivity contribution in [3.8, 4) is 5.75 Å². The van der Waals surface area contributed by atoms with Crippen molar-refractivity contribution in [2.24, 2.45) is 5.16 Å². The van der Waals surface area contributed by atoms with E-state index in [0.29, 0.717) is 33.6 Å². The molecular formula is C62H51N7O8S4. The SMILES string of the molecule is COc1ccc(COC(=O)C2=C(CSc3nc4ncccc4s3)CS[C@@H]3C(NC(=O)/C(=N\O[C@@H](C)C(=O)OC(c4ccccc4)c4ccccc4)c4csc(NC(c5ccccc5)(c5ccccc5)c5ccccc5)n4)C(=O)N23)cc1. The predicted octanol–water partition coefficient (Wildman–Crippen LogP) is 11.2. The number of hydrogen-bond acceptors (Lipinski definition) is 17. The Morgan fingerprint density at radius 3 is 1.98 bits per heavy atom. The van der Waals surface area contributed by atoms with Crippen molar-refractivity contribution in [2.45, 2.75) is 47.0 Å². The zero-order valence-electron chi connectivity index (χ0n) is 43.6. The van der Waals surface area contributed by atoms with Crippen molar-refractivity contribution < 1.29 is 38.2 Å². The van der Waals surface area contributed by atoms with Crippen LogP contribution in [-0.2, 0) is 45.6 Å². The third-order valence-corrected chi connectivity index (χ3v) is 17.9. The maximum Gasteiger partial charge on any atom is 0.355 e. The summed E-state index contributed by atoms with van der Waals surface area (Å²) in [6.45, 7) is 1.42. The summed E-state index contributed by atoms with van der Waals surface area (Å²) in [4.78, 5) is 79.2. The summed E-state index contributed by atoms with van der Waals surface area (Å²) in [7, 11) is 1.57. The molecule has 81 heavy (non-hydrogen) atoms. The van der Waals surface area contributed by atoms with Gasteiger partial charge in [0, 0.05) is 23.1 Å². The quantitative estimate of drug-likeness (QED) is 0.0173. The van der Waals surface area contributed by atoms with E-state index in [2.05, 4.69) is 25.8 Å². The number of ether oxygens (including phenoxy) is 3. The lowest BCUT2D eigenvalue weighted by molar-refractivity contribution is -0.160. The molecule has 0 spiro atoms. The van der Waals surface area contributed by atoms with E-state index in [1.54, 1.807) is 43.0 Å². The highest BCUT2D eigenvalue weighted by atomic mass is 32.2. The van der Waals surface area contributed by atoms with Gasteiger partial charge in [-0.05, 0) is 70.1 Å². The van der Waals surface area contributed by atoms with Crippen LogP contribution in [0.25, 0.3) is 10.3 Å². The Kier molecular flexibility index (Phi) is 16.6. The minimum absolute atomic E-state index is 0.0606. The van der Waals surface area contributed by atoms with Crippen molar-refractivity contribution in [2.75, 3.05) is 23.9 Å². The largest absolute Gasteiger partial charge is 0.497 e. The van der Waals surface area contributed by atoms with E-state index in [0.717, 1.165) is 42.4 Å². The second-order valence-corrected chi connectivity index (χ2v) is 22.9. The third kappa shape index (κ3) is 11.8. The first-order valence-corrected chi connectivity index (χ1v) is 29.5. The molecule has 2 aliphatic rings. The smallest absolute Gasteiger partial charge is 0.355 e. The average molecular weight is 1150 g/mol. The number of methoxy groups -OCH3 is 1. The first-order chi connectivity index (χ1) is 39.7. The van der Waals surface area contributed by atoms with Crippen LogP contribution in [0.4, 0.5) is 5.13 Å². The van der Waals surface area contributed by atoms with Gasteiger partial charge in [0.2, 0.25) is 6.10 Å². The zero-order chi connectivity index (χ0) is 55.7. The molecule has 3 aromatic heterocycles. The second kappa shape index (κ2) is 24.8. The lowest BCUT2D eigenvalue weighted by Crippen LogP contribution is -2.71. The summed E-state index contributed by atoms with van der Waals surface area (Å²) in [5, 5.41) is 12.4. The number of aromatic nitrogens is 3. The van der Waals surface area contributed by atoms with Gasteiger partial charge in [-0.15, -0.1) is 34.4 Å². The topological polar surface area (TPSA) is 184 Å². The van der Waals surface area contributed by atoms with Gasteiger partial charge in [-0.2, -0.15) is 0 Å². The molecule has 2 aliphatic heterocycles. The van der Waals surface area contributed by atoms with Crippen molar-refractivity contribution in [1.82, 2.24) is 25.2 Å². The maximum absolute atomic E-state index is 15.0. The molecular weight excluding hydrogens is 1100 g/mol. The molecule has 406 valence electrons. The molecule has 0 bridgehead atoms. The number of thiazole rings is 2. The Hall–Kier alpha value is -8.62. The lowest BCUT2D eigenvalue weighted by atomic mass is 9.77. The molecule has 6 aromatic carbocycles. The Labute approximate surface area is 483 Å². The molecule has 11 rings (SSSR count). The molecule has 1 fully saturated rings. The summed E-state index contributed by atoms with van der Waals surface area (Å²) < 4.78 is 19.0. The van der Waals surface area contributed by atoms with Crippen molar-refractivity contribution >= 4 is 91.1 Å². The van der Waals surface area contributed by atoms with Crippen LogP contribution < -0.4 is 15.4 Å². The number of nitrogens with zero attached hydrogens (tertiary/aromatic N) is 5. The Morgan fingerprint density at radius 2 is 1.38 bits per heavy atom. The van der Waals surface area contributed by atoms with Gasteiger partial charge >= 0.3 is 11.9 Å². The van der Waals surface area contributed by atoms with Crippen LogP contribution in [0.5, 0.6) is 5.75 Å². The number of thioether (sulfide) groups is 2. The monoisotopic (exact) mass is 1150 g/mol. The van der Waals surface area contributed by atoms with Gasteiger partial charge in [-0.3, -0.25) is 14.5 Å². The second-order valence-electron chi connectivity index (χ2n) is 18.7. The van der Waals surface area contributed by atoms with Gasteiger partial charge in [0.05, 0.1) is 11.8 Å². The highest BCUT2D eigenvalue weighted by Gasteiger charge is 2.55. The molecule has 19 heteroatoms. The van der Waals surface area contributed by atoms with Crippen LogP contribution >= 0.6 is 46.2 Å². The molecule has 9 aromatic rings. The Bertz CT molecular complexity index is 3570. The average Bonchev–Trinajstić information content (AvgIpc) is 4.29. The molecule has 2 N–H and O–H groups in total. The fourth-order valence-electron chi connectivity index (χ4n) is 9.45. The van der Waals surface area contributed by atoms with Crippen molar-refractivity contribution in [3.05, 3.63) is 250 Å². The standard InChI is InChI=1S/C62H51N7O8S4/c1-39(58(72)76-53(41-19-8-3-9-20-41)42-21-10-4-11-22-42)77-68-50(48-38-79-60(64-48)67-62(44-23-12-5-13-24-44,45-25-14-6-15-26-45)46-27-16-7-17-28-46)55(70)65-51-56(71)69-52(59(73)75-35-40-30-32-47(74-2)33-31-40)43(36-78-57(51)69)37-80-61-66-54-49(81-61)29-18-34-63-54/h3-34,38-39,51,53,57H,35-37H2,1-2H3,(H,64,67)(H,65,70)/b68-50-/t39-,51?,57+/m0/s1. The first kappa shape index (κ1) is 54.3. The molecule has 0 saturated carbocycles. The van der Waals surface area contributed by atoms with E-state index in [-0.39, 0.29) is 23.7 Å². The van der Waals surface area contributed by atoms with Gasteiger partial charge in [0.25, 0.3) is 11.8 Å². The minimum atomic E-state index is -1.32. The van der Waals surface area contributed by atoms with Crippen molar-refractivity contribution in [1.29, 1.82) is 0 Å². The van der Waals surface area contributed by atoms with E-state index in [4.69, 9.17) is 24.0 Å². The fraction of sp³-hybridized carbons (Fsp3) is 0.161. The van der Waals surface area contributed by atoms with Gasteiger partial charge in [-0.25, -0.2) is 24.5 Å². The summed E-state index contributed by atoms with van der Waals surface area (Å²) in [5.41, 5.74) is 5.22. The van der Waals surface area contributed by atoms with E-state index < -0.39 is 52.9 Å². The van der Waals surface area contributed by atoms with Crippen LogP contribution in [0.1, 0.15) is 52.1 Å². The summed E-state index contributed by atoms with van der Waals surface area (Å²) in [5.74, 6) is -1.45. The van der Waals surface area contributed by atoms with Crippen molar-refractivity contribution in [3.63, 3.8) is 0 Å². The molecule has 5 heterocycles. The summed E-state index contributed by atoms with van der Waals surface area (Å²) in [6, 6.07) is 58.5. The molecule has 1 saturated heterocycles. The van der Waals surface area contributed by atoms with E-state index in [1.807, 2.05) is 164 Å². The van der Waals surface area contributed by atoms with Crippen LogP contribution in [0.2, 0.25) is 0 Å². The number of pyridine rings is 1. The highest BCUT2D eigenvalue weighted by Crippen LogP contribution is 2.44. The van der Waals surface area contributed by atoms with Crippen LogP contribution in [0.15, 0.2) is 220 Å². The third-order valence-electron chi connectivity index (χ3n) is 13.5. The number of β-lactam (4-membered cyclic amide) rings is 1. The van der Waals surface area contributed by atoms with Crippen LogP contribution in [0, 0.1) is 0 Å². The van der Waals surface area contributed by atoms with E-state index in [1.165, 1.54) is 58.0 Å². The minimum Gasteiger partial charge on any atom is -0.497 e. The van der Waals surface area contributed by atoms with E-state index in [9.17, 15) is 19.2 Å². The van der Waals surface area contributed by atoms with Crippen LogP contribution in [0.3, 0.4) is 0 Å². The number of benzene rings is 6. The summed E-state index contributed by atoms with van der Waals surface area (Å²) in [6.07, 6.45) is -0.401. The number of fused-ring (bicyclic) bond motifs is 2. The Balaban J connectivity index is 0.896. The molecule has 2 amide bonds. The van der Waals surface area contributed by atoms with Crippen LogP contribution in [-0.4, -0.2) is 85.5 Å². The fourth-order valence-corrected chi connectivity index (χ4v) is 13.7. The first-order valence-electron chi connectivity index (χ1n) is 25.7. The van der Waals surface area contributed by atoms with E-state index >= 15 is 0 Å². The number of carbonyl (C=O) groups excluding carboxylic acids is 4. The molecule has 0 radical (unpaired) electrons. The highest BCUT2D eigenvalue weighted by molar-refractivity contribution is 8.02. The maximum atomic E-state index is 15.0.